The summed E-state index contributed by atoms with van der Waals surface area (Å²) in [6.45, 7) is 2.33. The molecule has 6 nitrogen and oxygen atoms in total. The largest absolute Gasteiger partial charge is 0.354 e. The lowest BCUT2D eigenvalue weighted by Gasteiger charge is -2.25. The predicted octanol–water partition coefficient (Wildman–Crippen LogP) is -0.870. The summed E-state index contributed by atoms with van der Waals surface area (Å²) in [5, 5.41) is 5.53. The molecule has 1 fully saturated rings. The molecule has 0 atom stereocenters. The van der Waals surface area contributed by atoms with Crippen molar-refractivity contribution in [2.24, 2.45) is 0 Å². The van der Waals surface area contributed by atoms with E-state index in [2.05, 4.69) is 15.6 Å². The van der Waals surface area contributed by atoms with Gasteiger partial charge in [-0.05, 0) is 11.6 Å². The Morgan fingerprint density at radius 2 is 2.44 bits per heavy atom. The highest BCUT2D eigenvalue weighted by atomic mass is 16.2. The van der Waals surface area contributed by atoms with Crippen LogP contribution < -0.4 is 10.6 Å². The van der Waals surface area contributed by atoms with Gasteiger partial charge in [0.25, 0.3) is 0 Å². The average Bonchev–Trinajstić information content (AvgIpc) is 2.38. The zero-order chi connectivity index (χ0) is 12.8. The van der Waals surface area contributed by atoms with Crippen molar-refractivity contribution in [1.29, 1.82) is 0 Å². The van der Waals surface area contributed by atoms with Crippen LogP contribution in [0.25, 0.3) is 0 Å². The highest BCUT2D eigenvalue weighted by Gasteiger charge is 2.18. The fourth-order valence-corrected chi connectivity index (χ4v) is 1.79. The van der Waals surface area contributed by atoms with E-state index in [4.69, 9.17) is 0 Å². The summed E-state index contributed by atoms with van der Waals surface area (Å²) in [6, 6.07) is 3.73. The third kappa shape index (κ3) is 3.81. The monoisotopic (exact) mass is 248 g/mol. The van der Waals surface area contributed by atoms with E-state index in [1.807, 2.05) is 17.0 Å². The molecule has 0 unspecified atom stereocenters. The molecule has 0 aromatic carbocycles. The molecule has 2 N–H and O–H groups in total. The number of carbonyl (C=O) groups excluding carboxylic acids is 2. The van der Waals surface area contributed by atoms with Crippen LogP contribution in [0.2, 0.25) is 0 Å². The summed E-state index contributed by atoms with van der Waals surface area (Å²) >= 11 is 0. The van der Waals surface area contributed by atoms with Gasteiger partial charge in [-0.2, -0.15) is 0 Å². The molecule has 2 rings (SSSR count). The molecule has 6 heteroatoms. The van der Waals surface area contributed by atoms with Crippen molar-refractivity contribution in [3.8, 4) is 0 Å². The minimum atomic E-state index is -0.0754. The molecule has 1 aromatic rings. The highest BCUT2D eigenvalue weighted by molar-refractivity contribution is 5.81. The summed E-state index contributed by atoms with van der Waals surface area (Å²) in [5.74, 6) is -0.102. The number of nitrogens with zero attached hydrogens (tertiary/aromatic N) is 2. The van der Waals surface area contributed by atoms with Crippen LogP contribution in [-0.2, 0) is 16.1 Å². The molecular formula is C12H16N4O2. The summed E-state index contributed by atoms with van der Waals surface area (Å²) in [5.41, 5.74) is 0.960. The first kappa shape index (κ1) is 12.5. The summed E-state index contributed by atoms with van der Waals surface area (Å²) in [6.07, 6.45) is 3.41. The van der Waals surface area contributed by atoms with Gasteiger partial charge in [0.2, 0.25) is 11.8 Å². The summed E-state index contributed by atoms with van der Waals surface area (Å²) in [4.78, 5) is 28.6. The Bertz CT molecular complexity index is 421. The van der Waals surface area contributed by atoms with Gasteiger partial charge >= 0.3 is 0 Å². The van der Waals surface area contributed by atoms with E-state index in [0.29, 0.717) is 26.2 Å². The number of hydrogen-bond donors (Lipinski definition) is 2. The number of rotatable bonds is 4. The number of pyridine rings is 1. The van der Waals surface area contributed by atoms with E-state index in [-0.39, 0.29) is 18.4 Å². The smallest absolute Gasteiger partial charge is 0.234 e. The number of piperazine rings is 1. The van der Waals surface area contributed by atoms with Crippen LogP contribution in [0.4, 0.5) is 0 Å². The zero-order valence-electron chi connectivity index (χ0n) is 10.1. The normalized spacial score (nSPS) is 16.1. The molecule has 0 saturated carbocycles. The Labute approximate surface area is 105 Å². The molecule has 2 heterocycles. The van der Waals surface area contributed by atoms with Gasteiger partial charge in [0.15, 0.2) is 0 Å². The Kier molecular flexibility index (Phi) is 4.25. The van der Waals surface area contributed by atoms with E-state index < -0.39 is 0 Å². The second-order valence-electron chi connectivity index (χ2n) is 4.20. The molecule has 96 valence electrons. The van der Waals surface area contributed by atoms with E-state index in [9.17, 15) is 9.59 Å². The zero-order valence-corrected chi connectivity index (χ0v) is 10.1. The van der Waals surface area contributed by atoms with E-state index in [0.717, 1.165) is 5.56 Å². The van der Waals surface area contributed by atoms with Gasteiger partial charge < -0.3 is 10.6 Å². The van der Waals surface area contributed by atoms with Crippen molar-refractivity contribution >= 4 is 11.8 Å². The van der Waals surface area contributed by atoms with Gasteiger partial charge in [-0.1, -0.05) is 6.07 Å². The number of nitrogens with one attached hydrogen (secondary N) is 2. The second kappa shape index (κ2) is 6.11. The van der Waals surface area contributed by atoms with Crippen molar-refractivity contribution in [3.05, 3.63) is 30.1 Å². The third-order valence-corrected chi connectivity index (χ3v) is 2.70. The van der Waals surface area contributed by atoms with Gasteiger partial charge in [-0.3, -0.25) is 19.5 Å². The number of aromatic nitrogens is 1. The summed E-state index contributed by atoms with van der Waals surface area (Å²) in [7, 11) is 0. The maximum atomic E-state index is 11.7. The number of carbonyl (C=O) groups is 2. The van der Waals surface area contributed by atoms with Crippen molar-refractivity contribution < 1.29 is 9.59 Å². The van der Waals surface area contributed by atoms with Crippen LogP contribution in [0.5, 0.6) is 0 Å². The highest BCUT2D eigenvalue weighted by Crippen LogP contribution is 1.96. The first-order chi connectivity index (χ1) is 8.74. The molecule has 0 spiro atoms. The van der Waals surface area contributed by atoms with Crippen LogP contribution >= 0.6 is 0 Å². The van der Waals surface area contributed by atoms with Gasteiger partial charge in [-0.25, -0.2) is 0 Å². The first-order valence-electron chi connectivity index (χ1n) is 5.89. The van der Waals surface area contributed by atoms with Crippen LogP contribution in [0.1, 0.15) is 5.56 Å². The minimum Gasteiger partial charge on any atom is -0.354 e. The second-order valence-corrected chi connectivity index (χ2v) is 4.20. The lowest BCUT2D eigenvalue weighted by molar-refractivity contribution is -0.127. The molecule has 1 aliphatic heterocycles. The fraction of sp³-hybridized carbons (Fsp3) is 0.417. The molecular weight excluding hydrogens is 232 g/mol. The lowest BCUT2D eigenvalue weighted by atomic mass is 10.3. The predicted molar refractivity (Wildman–Crippen MR) is 65.5 cm³/mol. The molecule has 0 bridgehead atoms. The van der Waals surface area contributed by atoms with Crippen LogP contribution in [0.15, 0.2) is 24.5 Å². The van der Waals surface area contributed by atoms with Gasteiger partial charge in [-0.15, -0.1) is 0 Å². The fourth-order valence-electron chi connectivity index (χ4n) is 1.79. The molecule has 1 aliphatic rings. The molecule has 0 radical (unpaired) electrons. The maximum Gasteiger partial charge on any atom is 0.234 e. The van der Waals surface area contributed by atoms with Crippen LogP contribution in [0, 0.1) is 0 Å². The third-order valence-electron chi connectivity index (χ3n) is 2.70. The Morgan fingerprint density at radius 1 is 1.56 bits per heavy atom. The minimum absolute atomic E-state index is 0.0266. The number of amides is 2. The molecule has 2 amide bonds. The Morgan fingerprint density at radius 3 is 3.17 bits per heavy atom. The lowest BCUT2D eigenvalue weighted by Crippen LogP contribution is -2.50. The quantitative estimate of drug-likeness (QED) is 0.726. The van der Waals surface area contributed by atoms with Crippen molar-refractivity contribution in [3.63, 3.8) is 0 Å². The molecule has 1 aromatic heterocycles. The van der Waals surface area contributed by atoms with Crippen molar-refractivity contribution in [1.82, 2.24) is 20.5 Å². The molecule has 18 heavy (non-hydrogen) atoms. The summed E-state index contributed by atoms with van der Waals surface area (Å²) < 4.78 is 0. The Balaban J connectivity index is 1.73. The molecule has 0 aliphatic carbocycles. The Hall–Kier alpha value is -1.95. The number of hydrogen-bond acceptors (Lipinski definition) is 4. The maximum absolute atomic E-state index is 11.7. The van der Waals surface area contributed by atoms with Crippen LogP contribution in [-0.4, -0.2) is 47.9 Å². The topological polar surface area (TPSA) is 74.3 Å². The van der Waals surface area contributed by atoms with Gasteiger partial charge in [0.05, 0.1) is 13.1 Å². The SMILES string of the molecule is O=C1CN(CC(=O)NCc2cccnc2)CCN1. The average molecular weight is 248 g/mol. The van der Waals surface area contributed by atoms with E-state index in [1.165, 1.54) is 0 Å². The van der Waals surface area contributed by atoms with Crippen LogP contribution in [0.3, 0.4) is 0 Å². The van der Waals surface area contributed by atoms with Gasteiger partial charge in [0.1, 0.15) is 0 Å². The van der Waals surface area contributed by atoms with Crippen molar-refractivity contribution in [2.75, 3.05) is 26.2 Å². The van der Waals surface area contributed by atoms with Crippen molar-refractivity contribution in [2.45, 2.75) is 6.54 Å². The first-order valence-corrected chi connectivity index (χ1v) is 5.89. The van der Waals surface area contributed by atoms with Gasteiger partial charge in [0, 0.05) is 32.0 Å². The van der Waals surface area contributed by atoms with E-state index in [1.54, 1.807) is 12.4 Å². The standard InChI is InChI=1S/C12H16N4O2/c17-11-8-16(5-4-14-11)9-12(18)15-7-10-2-1-3-13-6-10/h1-3,6H,4-5,7-9H2,(H,14,17)(H,15,18). The molecule has 1 saturated heterocycles. The van der Waals surface area contributed by atoms with E-state index >= 15 is 0 Å².